The van der Waals surface area contributed by atoms with Gasteiger partial charge < -0.3 is 14.6 Å². The van der Waals surface area contributed by atoms with Crippen molar-refractivity contribution in [3.05, 3.63) is 71.8 Å². The Morgan fingerprint density at radius 3 is 2.11 bits per heavy atom. The highest BCUT2D eigenvalue weighted by atomic mass is 16.2. The van der Waals surface area contributed by atoms with Crippen molar-refractivity contribution in [2.75, 3.05) is 19.6 Å². The van der Waals surface area contributed by atoms with Crippen LogP contribution in [0.1, 0.15) is 24.5 Å². The van der Waals surface area contributed by atoms with Crippen LogP contribution in [0.3, 0.4) is 0 Å². The van der Waals surface area contributed by atoms with Gasteiger partial charge in [-0.1, -0.05) is 60.7 Å². The standard InChI is InChI=1S/C23H28N2O3/c1-2-24(15-9-14-20-10-5-3-6-11-20)23(28)22(25(19-27)16-17-26)18-21-12-7-4-8-13-21/h3-8,10-13,17,19,22H,2,9,14-16,18H2,1H3. The average molecular weight is 380 g/mol. The smallest absolute Gasteiger partial charge is 0.245 e. The molecule has 0 saturated carbocycles. The van der Waals surface area contributed by atoms with Crippen LogP contribution in [0, 0.1) is 0 Å². The maximum absolute atomic E-state index is 13.2. The molecule has 2 aromatic carbocycles. The van der Waals surface area contributed by atoms with E-state index in [0.717, 1.165) is 18.4 Å². The molecule has 5 nitrogen and oxygen atoms in total. The van der Waals surface area contributed by atoms with E-state index in [2.05, 4.69) is 12.1 Å². The van der Waals surface area contributed by atoms with Gasteiger partial charge in [-0.3, -0.25) is 9.59 Å². The summed E-state index contributed by atoms with van der Waals surface area (Å²) in [7, 11) is 0. The second kappa shape index (κ2) is 11.7. The first kappa shape index (κ1) is 21.4. The highest BCUT2D eigenvalue weighted by Crippen LogP contribution is 2.12. The van der Waals surface area contributed by atoms with Gasteiger partial charge in [0.05, 0.1) is 6.54 Å². The van der Waals surface area contributed by atoms with Gasteiger partial charge in [-0.15, -0.1) is 0 Å². The van der Waals surface area contributed by atoms with E-state index < -0.39 is 6.04 Å². The molecule has 0 aromatic heterocycles. The molecule has 0 bridgehead atoms. The van der Waals surface area contributed by atoms with Gasteiger partial charge in [0.25, 0.3) is 0 Å². The summed E-state index contributed by atoms with van der Waals surface area (Å²) in [5.41, 5.74) is 2.20. The molecule has 2 amide bonds. The number of carbonyl (C=O) groups is 3. The Balaban J connectivity index is 2.08. The monoisotopic (exact) mass is 380 g/mol. The van der Waals surface area contributed by atoms with Crippen LogP contribution in [-0.2, 0) is 27.2 Å². The molecule has 5 heteroatoms. The summed E-state index contributed by atoms with van der Waals surface area (Å²) in [6.07, 6.45) is 3.38. The third-order valence-corrected chi connectivity index (χ3v) is 4.81. The minimum atomic E-state index is -0.679. The summed E-state index contributed by atoms with van der Waals surface area (Å²) in [4.78, 5) is 38.8. The molecule has 2 aromatic rings. The predicted octanol–water partition coefficient (Wildman–Crippen LogP) is 2.74. The molecular weight excluding hydrogens is 352 g/mol. The Labute approximate surface area is 167 Å². The molecule has 1 atom stereocenters. The second-order valence-electron chi connectivity index (χ2n) is 6.68. The molecule has 0 radical (unpaired) electrons. The van der Waals surface area contributed by atoms with E-state index >= 15 is 0 Å². The summed E-state index contributed by atoms with van der Waals surface area (Å²) in [5, 5.41) is 0. The molecule has 0 fully saturated rings. The summed E-state index contributed by atoms with van der Waals surface area (Å²) in [6.45, 7) is 3.02. The van der Waals surface area contributed by atoms with Crippen molar-refractivity contribution >= 4 is 18.6 Å². The SMILES string of the molecule is CCN(CCCc1ccccc1)C(=O)C(Cc1ccccc1)N(C=O)CC=O. The lowest BCUT2D eigenvalue weighted by Gasteiger charge is -2.31. The number of hydrogen-bond donors (Lipinski definition) is 0. The fourth-order valence-electron chi connectivity index (χ4n) is 3.27. The minimum Gasteiger partial charge on any atom is -0.341 e. The van der Waals surface area contributed by atoms with Crippen LogP contribution in [0.5, 0.6) is 0 Å². The van der Waals surface area contributed by atoms with Gasteiger partial charge >= 0.3 is 0 Å². The number of aldehydes is 1. The lowest BCUT2D eigenvalue weighted by atomic mass is 10.0. The zero-order valence-corrected chi connectivity index (χ0v) is 16.4. The second-order valence-corrected chi connectivity index (χ2v) is 6.68. The van der Waals surface area contributed by atoms with Gasteiger partial charge in [0.15, 0.2) is 0 Å². The number of rotatable bonds is 12. The summed E-state index contributed by atoms with van der Waals surface area (Å²) >= 11 is 0. The third kappa shape index (κ3) is 6.34. The first-order valence-electron chi connectivity index (χ1n) is 9.70. The topological polar surface area (TPSA) is 57.7 Å². The Bertz CT molecular complexity index is 734. The van der Waals surface area contributed by atoms with E-state index in [-0.39, 0.29) is 12.5 Å². The molecule has 0 aliphatic rings. The van der Waals surface area contributed by atoms with Crippen LogP contribution in [0.25, 0.3) is 0 Å². The molecule has 0 aliphatic heterocycles. The zero-order chi connectivity index (χ0) is 20.2. The van der Waals surface area contributed by atoms with Crippen molar-refractivity contribution in [1.82, 2.24) is 9.80 Å². The normalized spacial score (nSPS) is 11.5. The summed E-state index contributed by atoms with van der Waals surface area (Å²) in [5.74, 6) is -0.117. The third-order valence-electron chi connectivity index (χ3n) is 4.81. The Morgan fingerprint density at radius 1 is 0.964 bits per heavy atom. The van der Waals surface area contributed by atoms with E-state index in [1.165, 1.54) is 10.5 Å². The molecule has 0 aliphatic carbocycles. The van der Waals surface area contributed by atoms with Crippen molar-refractivity contribution in [2.45, 2.75) is 32.2 Å². The molecule has 148 valence electrons. The molecule has 0 N–H and O–H groups in total. The van der Waals surface area contributed by atoms with Gasteiger partial charge in [0, 0.05) is 19.5 Å². The highest BCUT2D eigenvalue weighted by molar-refractivity contribution is 5.84. The molecule has 0 heterocycles. The van der Waals surface area contributed by atoms with Crippen molar-refractivity contribution < 1.29 is 14.4 Å². The first-order chi connectivity index (χ1) is 13.7. The Hall–Kier alpha value is -2.95. The highest BCUT2D eigenvalue weighted by Gasteiger charge is 2.28. The van der Waals surface area contributed by atoms with Gasteiger partial charge in [-0.2, -0.15) is 0 Å². The van der Waals surface area contributed by atoms with Crippen molar-refractivity contribution in [2.24, 2.45) is 0 Å². The minimum absolute atomic E-state index is 0.0890. The zero-order valence-electron chi connectivity index (χ0n) is 16.4. The number of aryl methyl sites for hydroxylation is 1. The van der Waals surface area contributed by atoms with Crippen molar-refractivity contribution in [3.63, 3.8) is 0 Å². The number of hydrogen-bond acceptors (Lipinski definition) is 3. The number of amides is 2. The van der Waals surface area contributed by atoms with Gasteiger partial charge in [0.1, 0.15) is 12.3 Å². The van der Waals surface area contributed by atoms with Crippen molar-refractivity contribution in [1.29, 1.82) is 0 Å². The van der Waals surface area contributed by atoms with Crippen LogP contribution in [-0.4, -0.2) is 54.1 Å². The predicted molar refractivity (Wildman–Crippen MR) is 110 cm³/mol. The Morgan fingerprint density at radius 2 is 1.57 bits per heavy atom. The van der Waals surface area contributed by atoms with Crippen LogP contribution in [0.2, 0.25) is 0 Å². The largest absolute Gasteiger partial charge is 0.341 e. The molecule has 0 spiro atoms. The van der Waals surface area contributed by atoms with E-state index in [1.54, 1.807) is 4.90 Å². The van der Waals surface area contributed by atoms with E-state index in [0.29, 0.717) is 32.2 Å². The maximum Gasteiger partial charge on any atom is 0.245 e. The summed E-state index contributed by atoms with van der Waals surface area (Å²) < 4.78 is 0. The van der Waals surface area contributed by atoms with Gasteiger partial charge in [-0.05, 0) is 30.9 Å². The Kier molecular flexibility index (Phi) is 8.92. The molecule has 1 unspecified atom stereocenters. The molecule has 0 saturated heterocycles. The molecule has 2 rings (SSSR count). The van der Waals surface area contributed by atoms with Crippen LogP contribution < -0.4 is 0 Å². The van der Waals surface area contributed by atoms with Gasteiger partial charge in [0.2, 0.25) is 12.3 Å². The fraction of sp³-hybridized carbons (Fsp3) is 0.348. The van der Waals surface area contributed by atoms with Gasteiger partial charge in [-0.25, -0.2) is 0 Å². The van der Waals surface area contributed by atoms with E-state index in [4.69, 9.17) is 0 Å². The van der Waals surface area contributed by atoms with Crippen LogP contribution in [0.4, 0.5) is 0 Å². The van der Waals surface area contributed by atoms with Crippen molar-refractivity contribution in [3.8, 4) is 0 Å². The number of carbonyl (C=O) groups excluding carboxylic acids is 3. The maximum atomic E-state index is 13.2. The lowest BCUT2D eigenvalue weighted by molar-refractivity contribution is -0.141. The molecular formula is C23H28N2O3. The summed E-state index contributed by atoms with van der Waals surface area (Å²) in [6, 6.07) is 19.0. The van der Waals surface area contributed by atoms with Crippen LogP contribution in [0.15, 0.2) is 60.7 Å². The number of likely N-dealkylation sites (N-methyl/N-ethyl adjacent to an activating group) is 1. The van der Waals surface area contributed by atoms with E-state index in [1.807, 2.05) is 55.5 Å². The fourth-order valence-corrected chi connectivity index (χ4v) is 3.27. The number of nitrogens with zero attached hydrogens (tertiary/aromatic N) is 2. The number of benzene rings is 2. The van der Waals surface area contributed by atoms with E-state index in [9.17, 15) is 14.4 Å². The van der Waals surface area contributed by atoms with Crippen LogP contribution >= 0.6 is 0 Å². The first-order valence-corrected chi connectivity index (χ1v) is 9.70. The lowest BCUT2D eigenvalue weighted by Crippen LogP contribution is -2.50. The quantitative estimate of drug-likeness (QED) is 0.532. The molecule has 28 heavy (non-hydrogen) atoms. The average Bonchev–Trinajstić information content (AvgIpc) is 2.75.